The van der Waals surface area contributed by atoms with Gasteiger partial charge in [0.25, 0.3) is 0 Å². The first-order valence-electron chi connectivity index (χ1n) is 12.2. The summed E-state index contributed by atoms with van der Waals surface area (Å²) in [6.45, 7) is 11.5. The van der Waals surface area contributed by atoms with Crippen molar-refractivity contribution in [1.29, 1.82) is 0 Å². The molecule has 3 aliphatic rings. The molecule has 5 heteroatoms. The maximum absolute atomic E-state index is 6.09. The first kappa shape index (κ1) is 22.1. The molecule has 0 aromatic heterocycles. The van der Waals surface area contributed by atoms with Crippen LogP contribution in [0.2, 0.25) is 0 Å². The maximum Gasteiger partial charge on any atom is 0.119 e. The van der Waals surface area contributed by atoms with E-state index >= 15 is 0 Å². The summed E-state index contributed by atoms with van der Waals surface area (Å²) in [6, 6.07) is 9.24. The van der Waals surface area contributed by atoms with Gasteiger partial charge in [-0.2, -0.15) is 0 Å². The fourth-order valence-electron chi connectivity index (χ4n) is 5.45. The number of piperidine rings is 2. The smallest absolute Gasteiger partial charge is 0.119 e. The molecule has 3 heterocycles. The van der Waals surface area contributed by atoms with Crippen LogP contribution in [0.5, 0.6) is 5.75 Å². The molecule has 0 bridgehead atoms. The summed E-state index contributed by atoms with van der Waals surface area (Å²) in [5.41, 5.74) is 1.36. The number of piperazine rings is 1. The lowest BCUT2D eigenvalue weighted by Crippen LogP contribution is -2.56. The topological polar surface area (TPSA) is 28.2 Å². The van der Waals surface area contributed by atoms with Gasteiger partial charge in [0.1, 0.15) is 5.75 Å². The van der Waals surface area contributed by atoms with Crippen molar-refractivity contribution in [3.05, 3.63) is 29.8 Å². The van der Waals surface area contributed by atoms with Gasteiger partial charge in [-0.25, -0.2) is 0 Å². The number of fused-ring (bicyclic) bond motifs is 1. The monoisotopic (exact) mass is 415 g/mol. The molecule has 168 valence electrons. The average molecular weight is 416 g/mol. The van der Waals surface area contributed by atoms with Crippen LogP contribution < -0.4 is 4.74 Å². The molecule has 30 heavy (non-hydrogen) atoms. The summed E-state index contributed by atoms with van der Waals surface area (Å²) in [5.74, 6) is 1.68. The fraction of sp³-hybridized carbons (Fsp3) is 0.760. The van der Waals surface area contributed by atoms with Crippen LogP contribution in [0.25, 0.3) is 0 Å². The quantitative estimate of drug-likeness (QED) is 0.576. The standard InChI is InChI=1S/C25H41N3O2/c1-29-25-8-5-7-22(17-25)18-27-14-15-28-19-23(9-10-24(28)20-27)21-30-16-6-13-26-11-3-2-4-12-26/h5,7-8,17,23-24H,2-4,6,9-16,18-21H2,1H3/t23-,24-/m0/s1. The van der Waals surface area contributed by atoms with Gasteiger partial charge in [0, 0.05) is 51.9 Å². The Morgan fingerprint density at radius 2 is 1.87 bits per heavy atom. The van der Waals surface area contributed by atoms with Crippen LogP contribution in [0.4, 0.5) is 0 Å². The molecule has 0 unspecified atom stereocenters. The average Bonchev–Trinajstić information content (AvgIpc) is 2.79. The minimum Gasteiger partial charge on any atom is -0.497 e. The number of ether oxygens (including phenoxy) is 2. The van der Waals surface area contributed by atoms with Crippen LogP contribution in [0.3, 0.4) is 0 Å². The minimum atomic E-state index is 0.722. The summed E-state index contributed by atoms with van der Waals surface area (Å²) in [6.07, 6.45) is 8.02. The highest BCUT2D eigenvalue weighted by Crippen LogP contribution is 2.26. The number of likely N-dealkylation sites (tertiary alicyclic amines) is 1. The largest absolute Gasteiger partial charge is 0.497 e. The molecule has 3 saturated heterocycles. The van der Waals surface area contributed by atoms with E-state index < -0.39 is 0 Å². The fourth-order valence-corrected chi connectivity index (χ4v) is 5.45. The molecular weight excluding hydrogens is 374 g/mol. The van der Waals surface area contributed by atoms with E-state index in [1.807, 2.05) is 6.07 Å². The summed E-state index contributed by atoms with van der Waals surface area (Å²) in [4.78, 5) is 7.96. The third-order valence-electron chi connectivity index (χ3n) is 7.20. The maximum atomic E-state index is 6.09. The van der Waals surface area contributed by atoms with E-state index in [1.54, 1.807) is 7.11 Å². The van der Waals surface area contributed by atoms with Crippen LogP contribution in [0.15, 0.2) is 24.3 Å². The van der Waals surface area contributed by atoms with Crippen LogP contribution in [-0.2, 0) is 11.3 Å². The molecule has 0 saturated carbocycles. The molecule has 3 fully saturated rings. The number of methoxy groups -OCH3 is 1. The third kappa shape index (κ3) is 6.43. The third-order valence-corrected chi connectivity index (χ3v) is 7.20. The predicted octanol–water partition coefficient (Wildman–Crippen LogP) is 3.48. The summed E-state index contributed by atoms with van der Waals surface area (Å²) in [7, 11) is 1.74. The molecule has 0 amide bonds. The molecule has 0 spiro atoms. The highest BCUT2D eigenvalue weighted by atomic mass is 16.5. The van der Waals surface area contributed by atoms with E-state index in [9.17, 15) is 0 Å². The summed E-state index contributed by atoms with van der Waals surface area (Å²) < 4.78 is 11.5. The summed E-state index contributed by atoms with van der Waals surface area (Å²) >= 11 is 0. The van der Waals surface area contributed by atoms with Crippen molar-refractivity contribution in [2.75, 3.05) is 66.1 Å². The molecule has 0 aliphatic carbocycles. The number of hydrogen-bond donors (Lipinski definition) is 0. The highest BCUT2D eigenvalue weighted by Gasteiger charge is 2.32. The Labute approximate surface area is 183 Å². The molecule has 3 aliphatic heterocycles. The Morgan fingerprint density at radius 1 is 0.967 bits per heavy atom. The van der Waals surface area contributed by atoms with Gasteiger partial charge in [-0.05, 0) is 68.8 Å². The van der Waals surface area contributed by atoms with E-state index in [0.29, 0.717) is 0 Å². The Bertz CT molecular complexity index is 635. The van der Waals surface area contributed by atoms with E-state index in [2.05, 4.69) is 32.9 Å². The molecule has 0 radical (unpaired) electrons. The zero-order valence-electron chi connectivity index (χ0n) is 18.9. The van der Waals surface area contributed by atoms with Gasteiger partial charge >= 0.3 is 0 Å². The van der Waals surface area contributed by atoms with Crippen molar-refractivity contribution in [2.24, 2.45) is 5.92 Å². The Kier molecular flexibility index (Phi) is 8.44. The molecule has 5 nitrogen and oxygen atoms in total. The summed E-state index contributed by atoms with van der Waals surface area (Å²) in [5, 5.41) is 0. The van der Waals surface area contributed by atoms with Crippen molar-refractivity contribution >= 4 is 0 Å². The Hall–Kier alpha value is -1.14. The lowest BCUT2D eigenvalue weighted by Gasteiger charge is -2.46. The van der Waals surface area contributed by atoms with Crippen molar-refractivity contribution in [3.63, 3.8) is 0 Å². The molecular formula is C25H41N3O2. The van der Waals surface area contributed by atoms with Crippen LogP contribution in [0, 0.1) is 5.92 Å². The first-order valence-corrected chi connectivity index (χ1v) is 12.2. The van der Waals surface area contributed by atoms with Crippen LogP contribution >= 0.6 is 0 Å². The van der Waals surface area contributed by atoms with Gasteiger partial charge in [0.2, 0.25) is 0 Å². The Morgan fingerprint density at radius 3 is 2.73 bits per heavy atom. The zero-order chi connectivity index (χ0) is 20.6. The molecule has 1 aromatic carbocycles. The molecule has 1 aromatic rings. The van der Waals surface area contributed by atoms with Gasteiger partial charge in [0.15, 0.2) is 0 Å². The second-order valence-electron chi connectivity index (χ2n) is 9.51. The number of nitrogens with zero attached hydrogens (tertiary/aromatic N) is 3. The predicted molar refractivity (Wildman–Crippen MR) is 122 cm³/mol. The van der Waals surface area contributed by atoms with Gasteiger partial charge in [-0.15, -0.1) is 0 Å². The second kappa shape index (κ2) is 11.5. The van der Waals surface area contributed by atoms with Crippen molar-refractivity contribution in [2.45, 2.75) is 51.1 Å². The van der Waals surface area contributed by atoms with E-state index in [4.69, 9.17) is 9.47 Å². The van der Waals surface area contributed by atoms with Crippen LogP contribution in [-0.4, -0.2) is 86.9 Å². The SMILES string of the molecule is COc1cccc(CN2CCN3C[C@@H](COCCCN4CCCCC4)CC[C@H]3C2)c1. The second-order valence-corrected chi connectivity index (χ2v) is 9.51. The van der Waals surface area contributed by atoms with Gasteiger partial charge < -0.3 is 14.4 Å². The van der Waals surface area contributed by atoms with Crippen molar-refractivity contribution in [1.82, 2.24) is 14.7 Å². The highest BCUT2D eigenvalue weighted by molar-refractivity contribution is 5.28. The van der Waals surface area contributed by atoms with Gasteiger partial charge in [-0.3, -0.25) is 9.80 Å². The van der Waals surface area contributed by atoms with Gasteiger partial charge in [-0.1, -0.05) is 18.6 Å². The van der Waals surface area contributed by atoms with Crippen LogP contribution in [0.1, 0.15) is 44.1 Å². The molecule has 0 N–H and O–H groups in total. The molecule has 2 atom stereocenters. The van der Waals surface area contributed by atoms with Gasteiger partial charge in [0.05, 0.1) is 13.7 Å². The molecule has 4 rings (SSSR count). The minimum absolute atomic E-state index is 0.722. The first-order chi connectivity index (χ1) is 14.8. The van der Waals surface area contributed by atoms with Crippen molar-refractivity contribution < 1.29 is 9.47 Å². The normalized spacial score (nSPS) is 26.4. The number of hydrogen-bond acceptors (Lipinski definition) is 5. The number of benzene rings is 1. The van der Waals surface area contributed by atoms with Crippen molar-refractivity contribution in [3.8, 4) is 5.75 Å². The number of rotatable bonds is 9. The lowest BCUT2D eigenvalue weighted by molar-refractivity contribution is -0.00317. The lowest BCUT2D eigenvalue weighted by atomic mass is 9.91. The van der Waals surface area contributed by atoms with E-state index in [0.717, 1.165) is 44.0 Å². The van der Waals surface area contributed by atoms with E-state index in [1.165, 1.54) is 83.4 Å². The zero-order valence-corrected chi connectivity index (χ0v) is 18.9. The van der Waals surface area contributed by atoms with E-state index in [-0.39, 0.29) is 0 Å². The Balaban J connectivity index is 1.12.